The molecule has 0 spiro atoms. The van der Waals surface area contributed by atoms with Crippen molar-refractivity contribution in [2.45, 2.75) is 13.0 Å². The number of aliphatic hydroxyl groups is 1. The molecule has 5 nitrogen and oxygen atoms in total. The van der Waals surface area contributed by atoms with E-state index in [-0.39, 0.29) is 6.10 Å². The van der Waals surface area contributed by atoms with Crippen LogP contribution in [0, 0.1) is 0 Å². The molecule has 0 radical (unpaired) electrons. The summed E-state index contributed by atoms with van der Waals surface area (Å²) >= 11 is 0. The van der Waals surface area contributed by atoms with Gasteiger partial charge in [-0.2, -0.15) is 0 Å². The number of hydrogen-bond acceptors (Lipinski definition) is 5. The molecule has 1 aromatic carbocycles. The van der Waals surface area contributed by atoms with Crippen molar-refractivity contribution in [2.24, 2.45) is 0 Å². The number of ether oxygens (including phenoxy) is 3. The number of aliphatic hydroxyl groups excluding tert-OH is 1. The Labute approximate surface area is 108 Å². The van der Waals surface area contributed by atoms with Crippen molar-refractivity contribution in [3.8, 4) is 17.2 Å². The highest BCUT2D eigenvalue weighted by molar-refractivity contribution is 5.51. The molecule has 0 aliphatic heterocycles. The topological polar surface area (TPSA) is 60.0 Å². The lowest BCUT2D eigenvalue weighted by Crippen LogP contribution is -2.28. The van der Waals surface area contributed by atoms with Gasteiger partial charge in [-0.25, -0.2) is 0 Å². The van der Waals surface area contributed by atoms with Crippen molar-refractivity contribution >= 4 is 0 Å². The minimum atomic E-state index is -0.356. The molecule has 5 heteroatoms. The molecular formula is C13H21NO4. The summed E-state index contributed by atoms with van der Waals surface area (Å²) in [5.41, 5.74) is 0. The number of benzene rings is 1. The summed E-state index contributed by atoms with van der Waals surface area (Å²) in [5.74, 6) is 1.89. The Balaban J connectivity index is 2.50. The second-order valence-electron chi connectivity index (χ2n) is 3.89. The number of hydrogen-bond donors (Lipinski definition) is 2. The van der Waals surface area contributed by atoms with Crippen LogP contribution in [-0.4, -0.2) is 45.1 Å². The van der Waals surface area contributed by atoms with E-state index in [1.165, 1.54) is 0 Å². The molecule has 0 fully saturated rings. The highest BCUT2D eigenvalue weighted by Gasteiger charge is 2.10. The first kappa shape index (κ1) is 14.6. The first-order valence-corrected chi connectivity index (χ1v) is 5.91. The molecule has 0 aliphatic carbocycles. The molecule has 0 saturated carbocycles. The predicted octanol–water partition coefficient (Wildman–Crippen LogP) is 1.05. The van der Waals surface area contributed by atoms with Gasteiger partial charge in [-0.3, -0.25) is 0 Å². The van der Waals surface area contributed by atoms with Crippen LogP contribution in [0.15, 0.2) is 18.2 Å². The van der Waals surface area contributed by atoms with E-state index in [9.17, 15) is 0 Å². The Morgan fingerprint density at radius 1 is 1.22 bits per heavy atom. The van der Waals surface area contributed by atoms with Gasteiger partial charge < -0.3 is 24.6 Å². The maximum Gasteiger partial charge on any atom is 0.203 e. The second kappa shape index (κ2) is 7.79. The van der Waals surface area contributed by atoms with Crippen LogP contribution in [0.4, 0.5) is 0 Å². The first-order chi connectivity index (χ1) is 8.69. The van der Waals surface area contributed by atoms with Crippen LogP contribution < -0.4 is 19.5 Å². The van der Waals surface area contributed by atoms with Crippen molar-refractivity contribution in [3.63, 3.8) is 0 Å². The van der Waals surface area contributed by atoms with Crippen molar-refractivity contribution in [3.05, 3.63) is 18.2 Å². The Bertz CT molecular complexity index is 333. The standard InChI is InChI=1S/C13H21NO4/c1-10(15)9-14-7-8-18-13-11(16-2)5-4-6-12(13)17-3/h4-6,10,14-15H,7-9H2,1-3H3. The fourth-order valence-corrected chi connectivity index (χ4v) is 1.50. The van der Waals surface area contributed by atoms with E-state index in [0.717, 1.165) is 0 Å². The van der Waals surface area contributed by atoms with Gasteiger partial charge in [-0.1, -0.05) is 6.07 Å². The predicted molar refractivity (Wildman–Crippen MR) is 69.6 cm³/mol. The van der Waals surface area contributed by atoms with Gasteiger partial charge in [0.05, 0.1) is 20.3 Å². The maximum atomic E-state index is 9.09. The van der Waals surface area contributed by atoms with E-state index in [0.29, 0.717) is 36.9 Å². The lowest BCUT2D eigenvalue weighted by Gasteiger charge is -2.14. The Morgan fingerprint density at radius 3 is 2.33 bits per heavy atom. The highest BCUT2D eigenvalue weighted by Crippen LogP contribution is 2.36. The average Bonchev–Trinajstić information content (AvgIpc) is 2.37. The minimum Gasteiger partial charge on any atom is -0.493 e. The number of rotatable bonds is 8. The van der Waals surface area contributed by atoms with Gasteiger partial charge in [0.1, 0.15) is 6.61 Å². The molecule has 0 aromatic heterocycles. The molecule has 2 N–H and O–H groups in total. The van der Waals surface area contributed by atoms with Crippen LogP contribution in [0.3, 0.4) is 0 Å². The quantitative estimate of drug-likeness (QED) is 0.680. The van der Waals surface area contributed by atoms with Gasteiger partial charge in [0.25, 0.3) is 0 Å². The zero-order chi connectivity index (χ0) is 13.4. The largest absolute Gasteiger partial charge is 0.493 e. The summed E-state index contributed by atoms with van der Waals surface area (Å²) in [4.78, 5) is 0. The molecule has 1 aromatic rings. The normalized spacial score (nSPS) is 12.0. The van der Waals surface area contributed by atoms with Gasteiger partial charge in [-0.15, -0.1) is 0 Å². The number of methoxy groups -OCH3 is 2. The number of para-hydroxylation sites is 1. The second-order valence-corrected chi connectivity index (χ2v) is 3.89. The van der Waals surface area contributed by atoms with E-state index in [1.54, 1.807) is 21.1 Å². The Kier molecular flexibility index (Phi) is 6.32. The molecule has 18 heavy (non-hydrogen) atoms. The lowest BCUT2D eigenvalue weighted by atomic mass is 10.3. The fourth-order valence-electron chi connectivity index (χ4n) is 1.50. The minimum absolute atomic E-state index is 0.356. The van der Waals surface area contributed by atoms with Gasteiger partial charge in [0, 0.05) is 13.1 Å². The Hall–Kier alpha value is -1.46. The van der Waals surface area contributed by atoms with Gasteiger partial charge in [-0.05, 0) is 19.1 Å². The van der Waals surface area contributed by atoms with Gasteiger partial charge in [0.15, 0.2) is 11.5 Å². The van der Waals surface area contributed by atoms with Crippen molar-refractivity contribution in [1.29, 1.82) is 0 Å². The zero-order valence-corrected chi connectivity index (χ0v) is 11.1. The van der Waals surface area contributed by atoms with Crippen molar-refractivity contribution < 1.29 is 19.3 Å². The maximum absolute atomic E-state index is 9.09. The molecule has 0 amide bonds. The van der Waals surface area contributed by atoms with Crippen LogP contribution in [0.1, 0.15) is 6.92 Å². The van der Waals surface area contributed by atoms with E-state index < -0.39 is 0 Å². The van der Waals surface area contributed by atoms with Crippen LogP contribution in [0.2, 0.25) is 0 Å². The van der Waals surface area contributed by atoms with Gasteiger partial charge >= 0.3 is 0 Å². The lowest BCUT2D eigenvalue weighted by molar-refractivity contribution is 0.187. The zero-order valence-electron chi connectivity index (χ0n) is 11.1. The summed E-state index contributed by atoms with van der Waals surface area (Å²) in [6.45, 7) is 3.40. The smallest absolute Gasteiger partial charge is 0.203 e. The third-order valence-corrected chi connectivity index (χ3v) is 2.35. The summed E-state index contributed by atoms with van der Waals surface area (Å²) in [7, 11) is 3.18. The SMILES string of the molecule is COc1cccc(OC)c1OCCNCC(C)O. The molecule has 0 saturated heterocycles. The average molecular weight is 255 g/mol. The summed E-state index contributed by atoms with van der Waals surface area (Å²) in [6.07, 6.45) is -0.356. The fraction of sp³-hybridized carbons (Fsp3) is 0.538. The summed E-state index contributed by atoms with van der Waals surface area (Å²) < 4.78 is 16.1. The molecule has 0 heterocycles. The van der Waals surface area contributed by atoms with Crippen LogP contribution in [0.5, 0.6) is 17.2 Å². The third-order valence-electron chi connectivity index (χ3n) is 2.35. The van der Waals surface area contributed by atoms with Crippen LogP contribution >= 0.6 is 0 Å². The molecule has 1 atom stereocenters. The molecule has 0 bridgehead atoms. The van der Waals surface area contributed by atoms with Crippen molar-refractivity contribution in [1.82, 2.24) is 5.32 Å². The van der Waals surface area contributed by atoms with E-state index in [4.69, 9.17) is 19.3 Å². The van der Waals surface area contributed by atoms with Crippen LogP contribution in [-0.2, 0) is 0 Å². The highest BCUT2D eigenvalue weighted by atomic mass is 16.5. The molecule has 1 rings (SSSR count). The summed E-state index contributed by atoms with van der Waals surface area (Å²) in [5, 5.41) is 12.2. The van der Waals surface area contributed by atoms with E-state index >= 15 is 0 Å². The van der Waals surface area contributed by atoms with Gasteiger partial charge in [0.2, 0.25) is 5.75 Å². The van der Waals surface area contributed by atoms with Crippen LogP contribution in [0.25, 0.3) is 0 Å². The third kappa shape index (κ3) is 4.43. The molecule has 1 unspecified atom stereocenters. The Morgan fingerprint density at radius 2 is 1.83 bits per heavy atom. The van der Waals surface area contributed by atoms with E-state index in [2.05, 4.69) is 5.32 Å². The molecule has 0 aliphatic rings. The van der Waals surface area contributed by atoms with Crippen molar-refractivity contribution in [2.75, 3.05) is 33.9 Å². The molecule has 102 valence electrons. The molecular weight excluding hydrogens is 234 g/mol. The summed E-state index contributed by atoms with van der Waals surface area (Å²) in [6, 6.07) is 5.48. The first-order valence-electron chi connectivity index (χ1n) is 5.91. The number of nitrogens with one attached hydrogen (secondary N) is 1. The van der Waals surface area contributed by atoms with E-state index in [1.807, 2.05) is 18.2 Å². The monoisotopic (exact) mass is 255 g/mol.